The van der Waals surface area contributed by atoms with Crippen LogP contribution in [0.5, 0.6) is 11.5 Å². The summed E-state index contributed by atoms with van der Waals surface area (Å²) in [6, 6.07) is 3.95. The molecule has 1 aliphatic carbocycles. The number of hydrogen-bond acceptors (Lipinski definition) is 7. The number of benzene rings is 2. The maximum atomic E-state index is 15.7. The molecule has 0 unspecified atom stereocenters. The molecule has 1 heterocycles. The van der Waals surface area contributed by atoms with Crippen molar-refractivity contribution in [3.8, 4) is 11.5 Å². The highest BCUT2D eigenvalue weighted by atomic mass is 19.4. The highest BCUT2D eigenvalue weighted by molar-refractivity contribution is 6.03. The molecule has 0 bridgehead atoms. The van der Waals surface area contributed by atoms with Crippen LogP contribution in [-0.4, -0.2) is 65.5 Å². The van der Waals surface area contributed by atoms with Crippen LogP contribution in [0.1, 0.15) is 54.1 Å². The molecule has 1 fully saturated rings. The van der Waals surface area contributed by atoms with Gasteiger partial charge >= 0.3 is 12.1 Å². The van der Waals surface area contributed by atoms with Crippen LogP contribution in [0.2, 0.25) is 0 Å². The van der Waals surface area contributed by atoms with Crippen molar-refractivity contribution in [2.75, 3.05) is 32.3 Å². The number of halogens is 4. The van der Waals surface area contributed by atoms with Crippen LogP contribution in [-0.2, 0) is 27.0 Å². The predicted molar refractivity (Wildman–Crippen MR) is 150 cm³/mol. The van der Waals surface area contributed by atoms with Crippen molar-refractivity contribution in [2.45, 2.75) is 51.4 Å². The van der Waals surface area contributed by atoms with Crippen molar-refractivity contribution in [1.82, 2.24) is 15.0 Å². The highest BCUT2D eigenvalue weighted by Gasteiger charge is 2.37. The number of aromatic carboxylic acids is 1. The monoisotopic (exact) mass is 622 g/mol. The first-order valence-corrected chi connectivity index (χ1v) is 14.0. The number of carboxylic acids is 1. The average Bonchev–Trinajstić information content (AvgIpc) is 3.48. The number of carbonyl (C=O) groups excluding carboxylic acids is 1. The number of ether oxygens (including phenoxy) is 3. The molecule has 1 amide bonds. The highest BCUT2D eigenvalue weighted by Crippen LogP contribution is 2.41. The molecule has 1 N–H and O–H groups in total. The zero-order valence-electron chi connectivity index (χ0n) is 24.5. The summed E-state index contributed by atoms with van der Waals surface area (Å²) in [5.41, 5.74) is -1.81. The smallest absolute Gasteiger partial charge is 0.419 e. The van der Waals surface area contributed by atoms with Crippen LogP contribution >= 0.6 is 0 Å². The molecule has 0 radical (unpaired) electrons. The molecular formula is C30H34F4N4O6. The number of amides is 1. The Labute approximate surface area is 251 Å². The molecule has 0 saturated heterocycles. The van der Waals surface area contributed by atoms with Gasteiger partial charge in [-0.3, -0.25) is 4.79 Å². The summed E-state index contributed by atoms with van der Waals surface area (Å²) in [6.45, 7) is 1.94. The summed E-state index contributed by atoms with van der Waals surface area (Å²) in [4.78, 5) is 28.7. The van der Waals surface area contributed by atoms with Crippen molar-refractivity contribution in [3.63, 3.8) is 0 Å². The van der Waals surface area contributed by atoms with Crippen LogP contribution in [0.15, 0.2) is 42.7 Å². The van der Waals surface area contributed by atoms with Gasteiger partial charge in [-0.15, -0.1) is 0 Å². The number of nitrogens with zero attached hydrogens (tertiary/aromatic N) is 4. The van der Waals surface area contributed by atoms with Crippen LogP contribution in [0.3, 0.4) is 0 Å². The van der Waals surface area contributed by atoms with Gasteiger partial charge in [0.25, 0.3) is 0 Å². The Hall–Kier alpha value is -4.04. The van der Waals surface area contributed by atoms with Crippen molar-refractivity contribution < 1.29 is 46.5 Å². The lowest BCUT2D eigenvalue weighted by Crippen LogP contribution is -2.49. The summed E-state index contributed by atoms with van der Waals surface area (Å²) in [5.74, 6) is -4.60. The lowest BCUT2D eigenvalue weighted by atomic mass is 9.82. The second-order valence-corrected chi connectivity index (χ2v) is 10.8. The van der Waals surface area contributed by atoms with Crippen molar-refractivity contribution in [2.24, 2.45) is 11.8 Å². The van der Waals surface area contributed by atoms with Crippen LogP contribution < -0.4 is 9.64 Å². The topological polar surface area (TPSA) is 116 Å². The fourth-order valence-corrected chi connectivity index (χ4v) is 5.37. The Morgan fingerprint density at radius 1 is 1.02 bits per heavy atom. The quantitative estimate of drug-likeness (QED) is 0.252. The van der Waals surface area contributed by atoms with Gasteiger partial charge in [-0.05, 0) is 49.3 Å². The van der Waals surface area contributed by atoms with E-state index >= 15 is 4.39 Å². The van der Waals surface area contributed by atoms with Crippen LogP contribution in [0.25, 0.3) is 0 Å². The number of alkyl halides is 3. The Morgan fingerprint density at radius 2 is 1.66 bits per heavy atom. The molecule has 2 aromatic carbocycles. The van der Waals surface area contributed by atoms with E-state index in [2.05, 4.69) is 17.1 Å². The third-order valence-corrected chi connectivity index (χ3v) is 7.59. The summed E-state index contributed by atoms with van der Waals surface area (Å²) in [6.07, 6.45) is 0.620. The summed E-state index contributed by atoms with van der Waals surface area (Å²) < 4.78 is 73.7. The molecule has 14 heteroatoms. The molecule has 10 nitrogen and oxygen atoms in total. The molecule has 4 rings (SSSR count). The standard InChI is InChI=1S/C30H34F4N4O6/c1-18-4-7-20(8-5-18)28(39)38(21(16-42-2)17-43-3)25-14-24(31)27(13-22(25)29(40)41)44-26-9-6-19(12-23(26)30(32,33)34)15-37-35-10-11-36-37/h6,9-14,18,20-21H,4-5,7-8,15-17H2,1-3H3,(H,40,41). The van der Waals surface area contributed by atoms with E-state index < -0.39 is 58.5 Å². The molecule has 1 aromatic heterocycles. The number of anilines is 1. The molecular weight excluding hydrogens is 588 g/mol. The minimum absolute atomic E-state index is 0.0447. The van der Waals surface area contributed by atoms with E-state index in [0.29, 0.717) is 18.8 Å². The van der Waals surface area contributed by atoms with Gasteiger partial charge in [0.05, 0.1) is 55.0 Å². The van der Waals surface area contributed by atoms with Gasteiger partial charge in [-0.1, -0.05) is 13.0 Å². The van der Waals surface area contributed by atoms with E-state index in [1.54, 1.807) is 0 Å². The van der Waals surface area contributed by atoms with Crippen LogP contribution in [0, 0.1) is 17.7 Å². The fourth-order valence-electron chi connectivity index (χ4n) is 5.37. The van der Waals surface area contributed by atoms with Gasteiger partial charge in [0, 0.05) is 32.3 Å². The molecule has 44 heavy (non-hydrogen) atoms. The second kappa shape index (κ2) is 14.2. The Morgan fingerprint density at radius 3 is 2.23 bits per heavy atom. The Kier molecular flexibility index (Phi) is 10.6. The largest absolute Gasteiger partial charge is 0.478 e. The second-order valence-electron chi connectivity index (χ2n) is 10.8. The first kappa shape index (κ1) is 32.9. The fraction of sp³-hybridized carbons (Fsp3) is 0.467. The first-order chi connectivity index (χ1) is 20.9. The third kappa shape index (κ3) is 7.72. The van der Waals surface area contributed by atoms with E-state index in [1.807, 2.05) is 0 Å². The Bertz CT molecular complexity index is 1440. The molecule has 3 aromatic rings. The van der Waals surface area contributed by atoms with Gasteiger partial charge < -0.3 is 24.2 Å². The van der Waals surface area contributed by atoms with Gasteiger partial charge in [0.1, 0.15) is 5.75 Å². The lowest BCUT2D eigenvalue weighted by molar-refractivity contribution is -0.138. The normalized spacial score (nSPS) is 17.1. The minimum atomic E-state index is -4.89. The zero-order chi connectivity index (χ0) is 32.0. The van der Waals surface area contributed by atoms with E-state index in [-0.39, 0.29) is 31.0 Å². The van der Waals surface area contributed by atoms with E-state index in [9.17, 15) is 27.9 Å². The number of carbonyl (C=O) groups is 2. The number of aromatic nitrogens is 3. The third-order valence-electron chi connectivity index (χ3n) is 7.59. The van der Waals surface area contributed by atoms with Gasteiger partial charge in [-0.2, -0.15) is 28.2 Å². The van der Waals surface area contributed by atoms with Crippen molar-refractivity contribution in [3.05, 3.63) is 65.2 Å². The first-order valence-electron chi connectivity index (χ1n) is 14.0. The number of carboxylic acid groups (broad SMARTS) is 1. The molecule has 238 valence electrons. The molecule has 1 saturated carbocycles. The van der Waals surface area contributed by atoms with Crippen molar-refractivity contribution >= 4 is 17.6 Å². The summed E-state index contributed by atoms with van der Waals surface area (Å²) >= 11 is 0. The minimum Gasteiger partial charge on any atom is -0.478 e. The number of rotatable bonds is 12. The number of hydrogen-bond donors (Lipinski definition) is 1. The Balaban J connectivity index is 1.75. The zero-order valence-corrected chi connectivity index (χ0v) is 24.5. The van der Waals surface area contributed by atoms with E-state index in [1.165, 1.54) is 42.4 Å². The lowest BCUT2D eigenvalue weighted by Gasteiger charge is -2.36. The maximum Gasteiger partial charge on any atom is 0.419 e. The molecule has 0 aliphatic heterocycles. The van der Waals surface area contributed by atoms with Crippen molar-refractivity contribution in [1.29, 1.82) is 0 Å². The van der Waals surface area contributed by atoms with E-state index in [0.717, 1.165) is 37.1 Å². The SMILES string of the molecule is COCC(COC)N(C(=O)C1CCC(C)CC1)c1cc(F)c(Oc2ccc(Cn3nccn3)cc2C(F)(F)F)cc1C(=O)O. The average molecular weight is 623 g/mol. The van der Waals surface area contributed by atoms with Gasteiger partial charge in [0.15, 0.2) is 11.6 Å². The van der Waals surface area contributed by atoms with Crippen LogP contribution in [0.4, 0.5) is 23.2 Å². The number of methoxy groups -OCH3 is 2. The van der Waals surface area contributed by atoms with E-state index in [4.69, 9.17) is 14.2 Å². The summed E-state index contributed by atoms with van der Waals surface area (Å²) in [7, 11) is 2.80. The van der Waals surface area contributed by atoms with Gasteiger partial charge in [-0.25, -0.2) is 9.18 Å². The predicted octanol–water partition coefficient (Wildman–Crippen LogP) is 5.80. The molecule has 0 atom stereocenters. The summed E-state index contributed by atoms with van der Waals surface area (Å²) in [5, 5.41) is 17.9. The maximum absolute atomic E-state index is 15.7. The molecule has 0 spiro atoms. The van der Waals surface area contributed by atoms with Gasteiger partial charge in [0.2, 0.25) is 5.91 Å². The molecule has 1 aliphatic rings.